The first-order valence-electron chi connectivity index (χ1n) is 5.19. The molecule has 16 heavy (non-hydrogen) atoms. The zero-order valence-electron chi connectivity index (χ0n) is 9.31. The van der Waals surface area contributed by atoms with Crippen molar-refractivity contribution >= 4 is 15.9 Å². The van der Waals surface area contributed by atoms with Crippen molar-refractivity contribution in [3.8, 4) is 5.69 Å². The van der Waals surface area contributed by atoms with Crippen LogP contribution in [0.2, 0.25) is 0 Å². The van der Waals surface area contributed by atoms with Crippen LogP contribution in [-0.2, 0) is 0 Å². The van der Waals surface area contributed by atoms with Crippen molar-refractivity contribution in [2.75, 3.05) is 7.05 Å². The minimum atomic E-state index is 0.283. The highest BCUT2D eigenvalue weighted by molar-refractivity contribution is 9.10. The Morgan fingerprint density at radius 3 is 2.56 bits per heavy atom. The van der Waals surface area contributed by atoms with Crippen LogP contribution < -0.4 is 5.32 Å². The molecule has 0 aliphatic carbocycles. The van der Waals surface area contributed by atoms with Gasteiger partial charge in [0.1, 0.15) is 0 Å². The van der Waals surface area contributed by atoms with Crippen molar-refractivity contribution in [1.82, 2.24) is 15.1 Å². The lowest BCUT2D eigenvalue weighted by atomic mass is 10.2. The van der Waals surface area contributed by atoms with Crippen molar-refractivity contribution in [1.29, 1.82) is 0 Å². The van der Waals surface area contributed by atoms with Gasteiger partial charge in [0, 0.05) is 16.7 Å². The molecule has 0 fully saturated rings. The van der Waals surface area contributed by atoms with Gasteiger partial charge in [-0.25, -0.2) is 4.68 Å². The van der Waals surface area contributed by atoms with E-state index in [9.17, 15) is 0 Å². The van der Waals surface area contributed by atoms with Crippen molar-refractivity contribution in [2.24, 2.45) is 0 Å². The van der Waals surface area contributed by atoms with E-state index in [0.29, 0.717) is 0 Å². The Morgan fingerprint density at radius 1 is 1.25 bits per heavy atom. The fourth-order valence-electron chi connectivity index (χ4n) is 1.59. The van der Waals surface area contributed by atoms with Crippen LogP contribution >= 0.6 is 15.9 Å². The number of nitrogens with zero attached hydrogens (tertiary/aromatic N) is 2. The number of benzene rings is 1. The van der Waals surface area contributed by atoms with Gasteiger partial charge in [0.05, 0.1) is 11.4 Å². The summed E-state index contributed by atoms with van der Waals surface area (Å²) >= 11 is 3.43. The van der Waals surface area contributed by atoms with E-state index in [1.165, 1.54) is 0 Å². The van der Waals surface area contributed by atoms with Gasteiger partial charge in [0.2, 0.25) is 0 Å². The third-order valence-corrected chi connectivity index (χ3v) is 3.15. The van der Waals surface area contributed by atoms with Gasteiger partial charge < -0.3 is 5.32 Å². The molecular weight excluding hydrogens is 266 g/mol. The molecule has 0 aliphatic heterocycles. The highest BCUT2D eigenvalue weighted by atomic mass is 79.9. The van der Waals surface area contributed by atoms with Crippen molar-refractivity contribution in [3.05, 3.63) is 46.7 Å². The van der Waals surface area contributed by atoms with Crippen LogP contribution in [0.1, 0.15) is 18.7 Å². The molecule has 0 radical (unpaired) electrons. The molecule has 1 aromatic carbocycles. The normalized spacial score (nSPS) is 12.7. The second kappa shape index (κ2) is 4.80. The molecule has 2 aromatic rings. The lowest BCUT2D eigenvalue weighted by molar-refractivity contribution is 0.605. The van der Waals surface area contributed by atoms with Gasteiger partial charge >= 0.3 is 0 Å². The van der Waals surface area contributed by atoms with Gasteiger partial charge in [-0.15, -0.1) is 0 Å². The average Bonchev–Trinajstić information content (AvgIpc) is 2.78. The molecule has 0 bridgehead atoms. The van der Waals surface area contributed by atoms with Crippen LogP contribution in [0.5, 0.6) is 0 Å². The summed E-state index contributed by atoms with van der Waals surface area (Å²) < 4.78 is 3.03. The number of halogens is 1. The Morgan fingerprint density at radius 2 is 1.94 bits per heavy atom. The highest BCUT2D eigenvalue weighted by Crippen LogP contribution is 2.18. The van der Waals surface area contributed by atoms with E-state index in [2.05, 4.69) is 33.3 Å². The van der Waals surface area contributed by atoms with Gasteiger partial charge in [-0.3, -0.25) is 0 Å². The standard InChI is InChI=1S/C12H14BrN3/c1-9(14-2)12-7-8-15-16(12)11-5-3-10(13)4-6-11/h3-9,14H,1-2H3. The number of aromatic nitrogens is 2. The molecule has 1 heterocycles. The van der Waals surface area contributed by atoms with E-state index in [4.69, 9.17) is 0 Å². The van der Waals surface area contributed by atoms with Crippen molar-refractivity contribution < 1.29 is 0 Å². The predicted octanol–water partition coefficient (Wildman–Crippen LogP) is 2.92. The Kier molecular flexibility index (Phi) is 3.41. The van der Waals surface area contributed by atoms with Gasteiger partial charge in [-0.2, -0.15) is 5.10 Å². The van der Waals surface area contributed by atoms with Crippen molar-refractivity contribution in [2.45, 2.75) is 13.0 Å². The molecule has 2 rings (SSSR count). The van der Waals surface area contributed by atoms with Crippen LogP contribution in [0, 0.1) is 0 Å². The topological polar surface area (TPSA) is 29.9 Å². The molecule has 0 saturated carbocycles. The zero-order chi connectivity index (χ0) is 11.5. The molecule has 84 valence electrons. The van der Waals surface area contributed by atoms with E-state index in [1.807, 2.05) is 48.3 Å². The summed E-state index contributed by atoms with van der Waals surface area (Å²) in [5, 5.41) is 7.57. The summed E-state index contributed by atoms with van der Waals surface area (Å²) in [6, 6.07) is 10.4. The third kappa shape index (κ3) is 2.18. The molecule has 3 nitrogen and oxygen atoms in total. The summed E-state index contributed by atoms with van der Waals surface area (Å²) in [5.41, 5.74) is 2.23. The molecule has 1 aromatic heterocycles. The van der Waals surface area contributed by atoms with E-state index < -0.39 is 0 Å². The van der Waals surface area contributed by atoms with E-state index in [-0.39, 0.29) is 6.04 Å². The van der Waals surface area contributed by atoms with Crippen LogP contribution in [0.3, 0.4) is 0 Å². The first-order valence-corrected chi connectivity index (χ1v) is 5.99. The van der Waals surface area contributed by atoms with Gasteiger partial charge in [0.25, 0.3) is 0 Å². The Balaban J connectivity index is 2.40. The maximum absolute atomic E-state index is 4.35. The zero-order valence-corrected chi connectivity index (χ0v) is 10.9. The summed E-state index contributed by atoms with van der Waals surface area (Å²) in [4.78, 5) is 0. The van der Waals surface area contributed by atoms with Gasteiger partial charge in [0.15, 0.2) is 0 Å². The molecule has 1 unspecified atom stereocenters. The molecule has 4 heteroatoms. The van der Waals surface area contributed by atoms with Crippen LogP contribution in [0.15, 0.2) is 41.0 Å². The molecule has 0 spiro atoms. The fourth-order valence-corrected chi connectivity index (χ4v) is 1.85. The fraction of sp³-hybridized carbons (Fsp3) is 0.250. The maximum Gasteiger partial charge on any atom is 0.0650 e. The lowest BCUT2D eigenvalue weighted by Crippen LogP contribution is -2.16. The number of nitrogens with one attached hydrogen (secondary N) is 1. The molecule has 0 saturated heterocycles. The first-order chi connectivity index (χ1) is 7.72. The Hall–Kier alpha value is -1.13. The second-order valence-corrected chi connectivity index (χ2v) is 4.57. The largest absolute Gasteiger partial charge is 0.312 e. The van der Waals surface area contributed by atoms with Crippen LogP contribution in [-0.4, -0.2) is 16.8 Å². The van der Waals surface area contributed by atoms with Crippen molar-refractivity contribution in [3.63, 3.8) is 0 Å². The van der Waals surface area contributed by atoms with Gasteiger partial charge in [-0.05, 0) is 44.3 Å². The molecule has 0 aliphatic rings. The smallest absolute Gasteiger partial charge is 0.0650 e. The Bertz CT molecular complexity index is 461. The molecule has 1 atom stereocenters. The van der Waals surface area contributed by atoms with E-state index >= 15 is 0 Å². The predicted molar refractivity (Wildman–Crippen MR) is 68.7 cm³/mol. The molecule has 0 amide bonds. The lowest BCUT2D eigenvalue weighted by Gasteiger charge is -2.13. The summed E-state index contributed by atoms with van der Waals surface area (Å²) in [7, 11) is 1.95. The SMILES string of the molecule is CNC(C)c1ccnn1-c1ccc(Br)cc1. The Labute approximate surface area is 104 Å². The summed E-state index contributed by atoms with van der Waals surface area (Å²) in [6.07, 6.45) is 1.82. The minimum absolute atomic E-state index is 0.283. The average molecular weight is 280 g/mol. The highest BCUT2D eigenvalue weighted by Gasteiger charge is 2.10. The molecule has 1 N–H and O–H groups in total. The van der Waals surface area contributed by atoms with E-state index in [0.717, 1.165) is 15.9 Å². The number of hydrogen-bond acceptors (Lipinski definition) is 2. The van der Waals surface area contributed by atoms with Gasteiger partial charge in [-0.1, -0.05) is 15.9 Å². The quantitative estimate of drug-likeness (QED) is 0.936. The number of rotatable bonds is 3. The van der Waals surface area contributed by atoms with Crippen LogP contribution in [0.25, 0.3) is 5.69 Å². The third-order valence-electron chi connectivity index (χ3n) is 2.62. The maximum atomic E-state index is 4.35. The summed E-state index contributed by atoms with van der Waals surface area (Å²) in [6.45, 7) is 2.12. The number of hydrogen-bond donors (Lipinski definition) is 1. The summed E-state index contributed by atoms with van der Waals surface area (Å²) in [5.74, 6) is 0. The first kappa shape index (κ1) is 11.4. The second-order valence-electron chi connectivity index (χ2n) is 3.65. The van der Waals surface area contributed by atoms with E-state index in [1.54, 1.807) is 0 Å². The molecular formula is C12H14BrN3. The van der Waals surface area contributed by atoms with Crippen LogP contribution in [0.4, 0.5) is 0 Å². The monoisotopic (exact) mass is 279 g/mol. The minimum Gasteiger partial charge on any atom is -0.312 e.